The second kappa shape index (κ2) is 34.4. The normalized spacial score (nSPS) is 13.5. The third-order valence-corrected chi connectivity index (χ3v) is 8.73. The summed E-state index contributed by atoms with van der Waals surface area (Å²) in [6.45, 7) is 4.49. The van der Waals surface area contributed by atoms with Crippen LogP contribution in [0.3, 0.4) is 0 Å². The molecule has 51 heavy (non-hydrogen) atoms. The fourth-order valence-corrected chi connectivity index (χ4v) is 5.59. The fourth-order valence-electron chi connectivity index (χ4n) is 5.59. The van der Waals surface area contributed by atoms with Crippen molar-refractivity contribution in [1.82, 2.24) is 0 Å². The Labute approximate surface area is 312 Å². The van der Waals surface area contributed by atoms with Crippen molar-refractivity contribution in [3.8, 4) is 0 Å². The molecule has 0 aromatic rings. The molecule has 0 radical (unpaired) electrons. The van der Waals surface area contributed by atoms with Gasteiger partial charge >= 0.3 is 11.9 Å². The number of likely N-dealkylation sites (N-methyl/N-ethyl adjacent to an activating group) is 1. The number of nitrogens with zero attached hydrogens (tertiary/aromatic N) is 1. The van der Waals surface area contributed by atoms with E-state index in [1.165, 1.54) is 51.4 Å². The molecule has 0 saturated carbocycles. The van der Waals surface area contributed by atoms with Gasteiger partial charge in [-0.3, -0.25) is 9.59 Å². The molecule has 8 nitrogen and oxygen atoms in total. The van der Waals surface area contributed by atoms with Crippen LogP contribution in [0.1, 0.15) is 155 Å². The Morgan fingerprint density at radius 2 is 1.10 bits per heavy atom. The van der Waals surface area contributed by atoms with Crippen molar-refractivity contribution < 1.29 is 38.2 Å². The summed E-state index contributed by atoms with van der Waals surface area (Å²) in [6.07, 6.45) is 38.5. The second-order valence-electron chi connectivity index (χ2n) is 14.5. The molecule has 0 spiro atoms. The van der Waals surface area contributed by atoms with E-state index in [1.54, 1.807) is 21.1 Å². The number of ether oxygens (including phenoxy) is 3. The fraction of sp³-hybridized carbons (Fsp3) is 0.744. The third kappa shape index (κ3) is 32.9. The van der Waals surface area contributed by atoms with E-state index in [9.17, 15) is 19.5 Å². The van der Waals surface area contributed by atoms with Crippen molar-refractivity contribution in [3.63, 3.8) is 0 Å². The number of hydrogen-bond donors (Lipinski definition) is 0. The van der Waals surface area contributed by atoms with Gasteiger partial charge in [-0.05, 0) is 51.4 Å². The van der Waals surface area contributed by atoms with Crippen molar-refractivity contribution in [2.45, 2.75) is 167 Å². The molecule has 0 aliphatic rings. The number of esters is 2. The zero-order chi connectivity index (χ0) is 37.8. The van der Waals surface area contributed by atoms with E-state index in [1.807, 2.05) is 0 Å². The Morgan fingerprint density at radius 1 is 0.608 bits per heavy atom. The van der Waals surface area contributed by atoms with Gasteiger partial charge in [-0.25, -0.2) is 0 Å². The first-order valence-corrected chi connectivity index (χ1v) is 20.2. The molecule has 0 heterocycles. The maximum absolute atomic E-state index is 12.7. The Bertz CT molecular complexity index is 979. The first-order chi connectivity index (χ1) is 24.6. The van der Waals surface area contributed by atoms with Gasteiger partial charge in [-0.1, -0.05) is 133 Å². The molecule has 0 aromatic heterocycles. The van der Waals surface area contributed by atoms with E-state index in [0.717, 1.165) is 70.6 Å². The minimum atomic E-state index is -1.13. The summed E-state index contributed by atoms with van der Waals surface area (Å²) in [6, 6.07) is -0.730. The average Bonchev–Trinajstić information content (AvgIpc) is 3.08. The van der Waals surface area contributed by atoms with Gasteiger partial charge in [0.2, 0.25) is 0 Å². The van der Waals surface area contributed by atoms with Crippen LogP contribution in [-0.2, 0) is 28.6 Å². The summed E-state index contributed by atoms with van der Waals surface area (Å²) in [5.74, 6) is -1.78. The van der Waals surface area contributed by atoms with Crippen LogP contribution >= 0.6 is 0 Å². The number of hydrogen-bond acceptors (Lipinski definition) is 7. The van der Waals surface area contributed by atoms with Crippen LogP contribution in [0.5, 0.6) is 0 Å². The van der Waals surface area contributed by atoms with E-state index in [4.69, 9.17) is 14.2 Å². The Hall–Kier alpha value is -2.71. The topological polar surface area (TPSA) is 102 Å². The molecule has 0 amide bonds. The molecule has 0 N–H and O–H groups in total. The van der Waals surface area contributed by atoms with E-state index < -0.39 is 18.1 Å². The molecule has 0 aromatic carbocycles. The molecule has 0 bridgehead atoms. The SMILES string of the molecule is CC/C=C/C/C=C/C/C=C/C/C=C/CCCCCC(=O)OC(COCCC(C(=O)[O-])[N+](C)(C)C)COC(=O)CCCCCCCCCCCCC. The highest BCUT2D eigenvalue weighted by molar-refractivity contribution is 5.70. The Kier molecular flexibility index (Phi) is 32.6. The molecule has 2 unspecified atom stereocenters. The number of aliphatic carboxylic acids is 1. The summed E-state index contributed by atoms with van der Waals surface area (Å²) >= 11 is 0. The minimum Gasteiger partial charge on any atom is -0.544 e. The lowest BCUT2D eigenvalue weighted by Crippen LogP contribution is -2.55. The summed E-state index contributed by atoms with van der Waals surface area (Å²) in [4.78, 5) is 36.7. The standard InChI is InChI=1S/C43H75NO7/c1-6-8-10-12-14-16-18-19-20-21-22-24-26-28-30-32-34-42(46)51-39(37-49-36-35-40(43(47)48)44(3,4)5)38-50-41(45)33-31-29-27-25-23-17-15-13-11-9-7-2/h8,10,14,16,19-20,22,24,39-40H,6-7,9,11-13,15,17-18,21,23,25-38H2,1-5H3/b10-8+,16-14+,20-19+,24-22+. The lowest BCUT2D eigenvalue weighted by atomic mass is 10.1. The molecule has 8 heteroatoms. The molecule has 0 saturated heterocycles. The lowest BCUT2D eigenvalue weighted by molar-refractivity contribution is -0.889. The largest absolute Gasteiger partial charge is 0.544 e. The Morgan fingerprint density at radius 3 is 1.63 bits per heavy atom. The second-order valence-corrected chi connectivity index (χ2v) is 14.5. The van der Waals surface area contributed by atoms with Crippen molar-refractivity contribution in [2.75, 3.05) is 41.0 Å². The van der Waals surface area contributed by atoms with Crippen molar-refractivity contribution in [2.24, 2.45) is 0 Å². The van der Waals surface area contributed by atoms with Crippen molar-refractivity contribution in [1.29, 1.82) is 0 Å². The van der Waals surface area contributed by atoms with Gasteiger partial charge in [0.15, 0.2) is 6.10 Å². The molecule has 294 valence electrons. The predicted molar refractivity (Wildman–Crippen MR) is 208 cm³/mol. The maximum Gasteiger partial charge on any atom is 0.306 e. The van der Waals surface area contributed by atoms with Gasteiger partial charge in [0, 0.05) is 19.3 Å². The first-order valence-electron chi connectivity index (χ1n) is 20.2. The molecule has 0 rings (SSSR count). The van der Waals surface area contributed by atoms with E-state index in [0.29, 0.717) is 6.42 Å². The number of allylic oxidation sites excluding steroid dienone is 8. The predicted octanol–water partition coefficient (Wildman–Crippen LogP) is 9.13. The van der Waals surface area contributed by atoms with Crippen LogP contribution in [0, 0.1) is 0 Å². The number of carbonyl (C=O) groups excluding carboxylic acids is 3. The maximum atomic E-state index is 12.7. The van der Waals surface area contributed by atoms with Crippen LogP contribution in [0.15, 0.2) is 48.6 Å². The third-order valence-electron chi connectivity index (χ3n) is 8.73. The molecule has 2 atom stereocenters. The minimum absolute atomic E-state index is 0.0280. The van der Waals surface area contributed by atoms with Crippen molar-refractivity contribution >= 4 is 17.9 Å². The van der Waals surface area contributed by atoms with Crippen LogP contribution in [0.25, 0.3) is 0 Å². The zero-order valence-electron chi connectivity index (χ0n) is 33.3. The van der Waals surface area contributed by atoms with Gasteiger partial charge in [0.05, 0.1) is 40.3 Å². The van der Waals surface area contributed by atoms with Crippen molar-refractivity contribution in [3.05, 3.63) is 48.6 Å². The van der Waals surface area contributed by atoms with Crippen LogP contribution in [0.2, 0.25) is 0 Å². The number of rotatable bonds is 35. The van der Waals surface area contributed by atoms with E-state index in [2.05, 4.69) is 62.5 Å². The zero-order valence-corrected chi connectivity index (χ0v) is 33.3. The van der Waals surface area contributed by atoms with Gasteiger partial charge in [0.25, 0.3) is 0 Å². The number of carboxylic acids is 1. The molecule has 0 aliphatic heterocycles. The van der Waals surface area contributed by atoms with E-state index >= 15 is 0 Å². The highest BCUT2D eigenvalue weighted by Crippen LogP contribution is 2.13. The molecule has 0 fully saturated rings. The summed E-state index contributed by atoms with van der Waals surface area (Å²) < 4.78 is 17.1. The number of quaternary nitrogens is 1. The van der Waals surface area contributed by atoms with Crippen LogP contribution in [0.4, 0.5) is 0 Å². The summed E-state index contributed by atoms with van der Waals surface area (Å²) in [5.41, 5.74) is 0. The summed E-state index contributed by atoms with van der Waals surface area (Å²) in [7, 11) is 5.38. The monoisotopic (exact) mass is 718 g/mol. The molecular weight excluding hydrogens is 642 g/mol. The highest BCUT2D eigenvalue weighted by Gasteiger charge is 2.25. The lowest BCUT2D eigenvalue weighted by Gasteiger charge is -2.34. The van der Waals surface area contributed by atoms with E-state index in [-0.39, 0.29) is 49.1 Å². The average molecular weight is 718 g/mol. The summed E-state index contributed by atoms with van der Waals surface area (Å²) in [5, 5.41) is 11.6. The smallest absolute Gasteiger partial charge is 0.306 e. The van der Waals surface area contributed by atoms with Gasteiger partial charge in [-0.15, -0.1) is 0 Å². The number of carboxylic acid groups (broad SMARTS) is 1. The molecular formula is C43H75NO7. The molecule has 0 aliphatic carbocycles. The quantitative estimate of drug-likeness (QED) is 0.0279. The van der Waals surface area contributed by atoms with Crippen LogP contribution in [-0.4, -0.2) is 75.5 Å². The first kappa shape index (κ1) is 48.3. The number of carbonyl (C=O) groups is 3. The van der Waals surface area contributed by atoms with Gasteiger partial charge < -0.3 is 28.6 Å². The highest BCUT2D eigenvalue weighted by atomic mass is 16.6. The van der Waals surface area contributed by atoms with Crippen LogP contribution < -0.4 is 5.11 Å². The van der Waals surface area contributed by atoms with Gasteiger partial charge in [0.1, 0.15) is 12.6 Å². The number of unbranched alkanes of at least 4 members (excludes halogenated alkanes) is 13. The van der Waals surface area contributed by atoms with Gasteiger partial charge in [-0.2, -0.15) is 0 Å². The Balaban J connectivity index is 4.46.